The molecule has 0 saturated heterocycles. The first-order valence-corrected chi connectivity index (χ1v) is 8.78. The molecule has 0 amide bonds. The summed E-state index contributed by atoms with van der Waals surface area (Å²) < 4.78 is 26.4. The lowest BCUT2D eigenvalue weighted by atomic mass is 10.1. The van der Waals surface area contributed by atoms with E-state index in [4.69, 9.17) is 0 Å². The normalized spacial score (nSPS) is 12.2. The Bertz CT molecular complexity index is 693. The maximum Gasteiger partial charge on any atom is 0.191 e. The molecule has 0 aliphatic heterocycles. The van der Waals surface area contributed by atoms with Crippen molar-refractivity contribution in [3.63, 3.8) is 0 Å². The molecule has 0 saturated carbocycles. The molecule has 0 aliphatic carbocycles. The number of rotatable bonds is 8. The summed E-state index contributed by atoms with van der Waals surface area (Å²) in [7, 11) is 0. The summed E-state index contributed by atoms with van der Waals surface area (Å²) in [6.07, 6.45) is 0.430. The maximum atomic E-state index is 13.2. The smallest absolute Gasteiger partial charge is 0.191 e. The highest BCUT2D eigenvalue weighted by Gasteiger charge is 2.06. The maximum absolute atomic E-state index is 13.2. The Labute approximate surface area is 176 Å². The Hall–Kier alpha value is -1.74. The Morgan fingerprint density at radius 1 is 1.07 bits per heavy atom. The fourth-order valence-corrected chi connectivity index (χ4v) is 2.56. The summed E-state index contributed by atoms with van der Waals surface area (Å²) in [5, 5.41) is 16.4. The number of nitrogens with zero attached hydrogens (tertiary/aromatic N) is 1. The van der Waals surface area contributed by atoms with Crippen LogP contribution in [-0.4, -0.2) is 30.7 Å². The standard InChI is InChI=1S/C20H25F2N3O.HI/c1-2-23-20(24-10-8-15-12-17(21)14-18(22)13-15)25-11-9-19(26)16-6-4-3-5-7-16;/h3-7,12-14,19,26H,2,8-11H2,1H3,(H2,23,24,25);1H. The van der Waals surface area contributed by atoms with Crippen molar-refractivity contribution in [2.75, 3.05) is 19.6 Å². The molecule has 0 radical (unpaired) electrons. The predicted molar refractivity (Wildman–Crippen MR) is 115 cm³/mol. The second-order valence-electron chi connectivity index (χ2n) is 5.93. The van der Waals surface area contributed by atoms with Crippen molar-refractivity contribution in [2.24, 2.45) is 4.99 Å². The third-order valence-corrected chi connectivity index (χ3v) is 3.83. The molecule has 1 unspecified atom stereocenters. The molecule has 27 heavy (non-hydrogen) atoms. The number of hydrogen-bond acceptors (Lipinski definition) is 2. The number of aliphatic hydroxyl groups excluding tert-OH is 1. The zero-order chi connectivity index (χ0) is 18.8. The summed E-state index contributed by atoms with van der Waals surface area (Å²) >= 11 is 0. The van der Waals surface area contributed by atoms with E-state index in [1.807, 2.05) is 37.3 Å². The van der Waals surface area contributed by atoms with Crippen LogP contribution in [0.3, 0.4) is 0 Å². The van der Waals surface area contributed by atoms with Crippen LogP contribution in [0, 0.1) is 11.6 Å². The molecule has 1 atom stereocenters. The average molecular weight is 489 g/mol. The number of nitrogens with one attached hydrogen (secondary N) is 2. The first-order valence-electron chi connectivity index (χ1n) is 8.78. The van der Waals surface area contributed by atoms with E-state index in [-0.39, 0.29) is 24.0 Å². The minimum atomic E-state index is -0.574. The van der Waals surface area contributed by atoms with E-state index in [0.717, 1.165) is 11.6 Å². The molecule has 7 heteroatoms. The third-order valence-electron chi connectivity index (χ3n) is 3.83. The van der Waals surface area contributed by atoms with E-state index in [9.17, 15) is 13.9 Å². The van der Waals surface area contributed by atoms with Crippen LogP contribution in [0.25, 0.3) is 0 Å². The van der Waals surface area contributed by atoms with Crippen molar-refractivity contribution in [2.45, 2.75) is 25.9 Å². The van der Waals surface area contributed by atoms with Gasteiger partial charge in [0, 0.05) is 25.7 Å². The number of benzene rings is 2. The number of aliphatic imine (C=N–C) groups is 1. The molecule has 0 spiro atoms. The molecule has 148 valence electrons. The molecule has 0 bridgehead atoms. The second-order valence-corrected chi connectivity index (χ2v) is 5.93. The van der Waals surface area contributed by atoms with E-state index >= 15 is 0 Å². The molecular weight excluding hydrogens is 463 g/mol. The van der Waals surface area contributed by atoms with Gasteiger partial charge >= 0.3 is 0 Å². The fourth-order valence-electron chi connectivity index (χ4n) is 2.56. The Morgan fingerprint density at radius 3 is 2.37 bits per heavy atom. The first-order chi connectivity index (χ1) is 12.6. The molecule has 2 rings (SSSR count). The van der Waals surface area contributed by atoms with Crippen molar-refractivity contribution >= 4 is 29.9 Å². The monoisotopic (exact) mass is 489 g/mol. The molecule has 0 aliphatic rings. The van der Waals surface area contributed by atoms with E-state index in [1.165, 1.54) is 12.1 Å². The molecular formula is C20H26F2IN3O. The number of guanidine groups is 1. The van der Waals surface area contributed by atoms with Gasteiger partial charge in [0.2, 0.25) is 0 Å². The minimum absolute atomic E-state index is 0. The van der Waals surface area contributed by atoms with Crippen LogP contribution >= 0.6 is 24.0 Å². The van der Waals surface area contributed by atoms with Crippen molar-refractivity contribution in [1.29, 1.82) is 0 Å². The van der Waals surface area contributed by atoms with Gasteiger partial charge in [-0.05, 0) is 43.0 Å². The zero-order valence-electron chi connectivity index (χ0n) is 15.3. The lowest BCUT2D eigenvalue weighted by Gasteiger charge is -2.13. The summed E-state index contributed by atoms with van der Waals surface area (Å²) in [4.78, 5) is 4.43. The molecule has 3 N–H and O–H groups in total. The van der Waals surface area contributed by atoms with Crippen LogP contribution in [0.5, 0.6) is 0 Å². The minimum Gasteiger partial charge on any atom is -0.388 e. The predicted octanol–water partition coefficient (Wildman–Crippen LogP) is 3.80. The zero-order valence-corrected chi connectivity index (χ0v) is 17.6. The molecule has 4 nitrogen and oxygen atoms in total. The number of halogens is 3. The van der Waals surface area contributed by atoms with E-state index in [2.05, 4.69) is 15.6 Å². The van der Waals surface area contributed by atoms with E-state index < -0.39 is 17.7 Å². The lowest BCUT2D eigenvalue weighted by Crippen LogP contribution is -2.38. The Morgan fingerprint density at radius 2 is 1.74 bits per heavy atom. The van der Waals surface area contributed by atoms with Gasteiger partial charge in [-0.15, -0.1) is 24.0 Å². The Balaban J connectivity index is 0.00000364. The van der Waals surface area contributed by atoms with Crippen LogP contribution in [0.1, 0.15) is 30.6 Å². The molecule has 0 fully saturated rings. The van der Waals surface area contributed by atoms with Crippen LogP contribution in [0.4, 0.5) is 8.78 Å². The van der Waals surface area contributed by atoms with Gasteiger partial charge in [-0.1, -0.05) is 30.3 Å². The average Bonchev–Trinajstić information content (AvgIpc) is 2.61. The quantitative estimate of drug-likeness (QED) is 0.301. The number of hydrogen-bond donors (Lipinski definition) is 3. The van der Waals surface area contributed by atoms with E-state index in [0.29, 0.717) is 44.0 Å². The summed E-state index contributed by atoms with van der Waals surface area (Å²) in [5.41, 5.74) is 1.46. The van der Waals surface area contributed by atoms with Crippen molar-refractivity contribution < 1.29 is 13.9 Å². The molecule has 0 aromatic heterocycles. The molecule has 0 heterocycles. The van der Waals surface area contributed by atoms with Crippen LogP contribution in [0.2, 0.25) is 0 Å². The van der Waals surface area contributed by atoms with Gasteiger partial charge in [0.05, 0.1) is 6.10 Å². The van der Waals surface area contributed by atoms with Crippen molar-refractivity contribution in [1.82, 2.24) is 10.6 Å². The van der Waals surface area contributed by atoms with Crippen LogP contribution in [-0.2, 0) is 6.42 Å². The first kappa shape index (κ1) is 23.3. The van der Waals surface area contributed by atoms with Crippen molar-refractivity contribution in [3.8, 4) is 0 Å². The van der Waals surface area contributed by atoms with Gasteiger partial charge in [0.25, 0.3) is 0 Å². The Kier molecular flexibility index (Phi) is 10.9. The summed E-state index contributed by atoms with van der Waals surface area (Å²) in [6, 6.07) is 13.0. The van der Waals surface area contributed by atoms with Gasteiger partial charge in [-0.3, -0.25) is 4.99 Å². The lowest BCUT2D eigenvalue weighted by molar-refractivity contribution is 0.170. The third kappa shape index (κ3) is 8.66. The highest BCUT2D eigenvalue weighted by Crippen LogP contribution is 2.15. The fraction of sp³-hybridized carbons (Fsp3) is 0.350. The van der Waals surface area contributed by atoms with Gasteiger partial charge < -0.3 is 15.7 Å². The largest absolute Gasteiger partial charge is 0.388 e. The highest BCUT2D eigenvalue weighted by atomic mass is 127. The molecule has 2 aromatic carbocycles. The van der Waals surface area contributed by atoms with E-state index in [1.54, 1.807) is 0 Å². The summed E-state index contributed by atoms with van der Waals surface area (Å²) in [5.74, 6) is -0.532. The molecule has 2 aromatic rings. The van der Waals surface area contributed by atoms with Gasteiger partial charge in [0.1, 0.15) is 11.6 Å². The van der Waals surface area contributed by atoms with Gasteiger partial charge in [-0.2, -0.15) is 0 Å². The summed E-state index contributed by atoms with van der Waals surface area (Å²) in [6.45, 7) is 3.61. The van der Waals surface area contributed by atoms with Gasteiger partial charge in [0.15, 0.2) is 5.96 Å². The van der Waals surface area contributed by atoms with Crippen molar-refractivity contribution in [3.05, 3.63) is 71.3 Å². The highest BCUT2D eigenvalue weighted by molar-refractivity contribution is 14.0. The van der Waals surface area contributed by atoms with Crippen LogP contribution < -0.4 is 10.6 Å². The number of aliphatic hydroxyl groups is 1. The van der Waals surface area contributed by atoms with Crippen LogP contribution in [0.15, 0.2) is 53.5 Å². The SMILES string of the molecule is CCNC(=NCCC(O)c1ccccc1)NCCc1cc(F)cc(F)c1.I. The second kappa shape index (κ2) is 12.6. The topological polar surface area (TPSA) is 56.7 Å². The van der Waals surface area contributed by atoms with Gasteiger partial charge in [-0.25, -0.2) is 8.78 Å².